The highest BCUT2D eigenvalue weighted by Gasteiger charge is 2.26. The van der Waals surface area contributed by atoms with E-state index in [-0.39, 0.29) is 16.2 Å². The minimum absolute atomic E-state index is 0.0757. The van der Waals surface area contributed by atoms with Crippen LogP contribution in [0.1, 0.15) is 43.0 Å². The third-order valence-electron chi connectivity index (χ3n) is 5.75. The minimum Gasteiger partial charge on any atom is -0.458 e. The van der Waals surface area contributed by atoms with Crippen LogP contribution in [0.15, 0.2) is 41.0 Å². The number of benzene rings is 1. The summed E-state index contributed by atoms with van der Waals surface area (Å²) >= 11 is 0. The molecule has 4 N–H and O–H groups in total. The molecule has 1 amide bonds. The molecule has 1 aliphatic heterocycles. The SMILES string of the molecule is CCCCN(CCN1CCOCC1)c1cc(C(N)=O)cc(S(N)(=O)=O)c1OC1=CC=CCC1. The summed E-state index contributed by atoms with van der Waals surface area (Å²) in [4.78, 5) is 16.2. The second-order valence-corrected chi connectivity index (χ2v) is 9.76. The predicted molar refractivity (Wildman–Crippen MR) is 128 cm³/mol. The maximum absolute atomic E-state index is 12.5. The third kappa shape index (κ3) is 7.04. The van der Waals surface area contributed by atoms with E-state index in [1.165, 1.54) is 6.07 Å². The molecule has 0 spiro atoms. The van der Waals surface area contributed by atoms with Gasteiger partial charge in [0.05, 0.1) is 18.9 Å². The lowest BCUT2D eigenvalue weighted by atomic mass is 10.1. The summed E-state index contributed by atoms with van der Waals surface area (Å²) in [6, 6.07) is 2.82. The molecule has 3 rings (SSSR count). The Morgan fingerprint density at radius 2 is 2.00 bits per heavy atom. The summed E-state index contributed by atoms with van der Waals surface area (Å²) in [5.74, 6) is 0.0531. The van der Waals surface area contributed by atoms with Gasteiger partial charge in [-0.05, 0) is 31.1 Å². The average Bonchev–Trinajstić information content (AvgIpc) is 2.80. The van der Waals surface area contributed by atoms with E-state index in [9.17, 15) is 13.2 Å². The fraction of sp³-hybridized carbons (Fsp3) is 0.522. The van der Waals surface area contributed by atoms with Crippen molar-refractivity contribution in [3.8, 4) is 5.75 Å². The highest BCUT2D eigenvalue weighted by Crippen LogP contribution is 2.38. The van der Waals surface area contributed by atoms with E-state index in [2.05, 4.69) is 16.7 Å². The van der Waals surface area contributed by atoms with Crippen LogP contribution in [0.4, 0.5) is 5.69 Å². The van der Waals surface area contributed by atoms with Crippen LogP contribution in [0.3, 0.4) is 0 Å². The first-order chi connectivity index (χ1) is 15.8. The predicted octanol–water partition coefficient (Wildman–Crippen LogP) is 1.98. The van der Waals surface area contributed by atoms with Crippen molar-refractivity contribution in [3.63, 3.8) is 0 Å². The standard InChI is InChI=1S/C23H34N4O5S/c1-2-3-9-27(11-10-26-12-14-31-15-13-26)20-16-18(23(24)28)17-21(33(25,29)30)22(20)32-19-7-5-4-6-8-19/h4-5,7,16-17H,2-3,6,8-15H2,1H3,(H2,24,28)(H2,25,29,30). The van der Waals surface area contributed by atoms with Crippen LogP contribution in [0, 0.1) is 0 Å². The van der Waals surface area contributed by atoms with E-state index in [1.54, 1.807) is 6.07 Å². The molecule has 0 atom stereocenters. The molecule has 1 fully saturated rings. The molecule has 0 aromatic heterocycles. The van der Waals surface area contributed by atoms with Gasteiger partial charge in [-0.15, -0.1) is 0 Å². The number of carbonyl (C=O) groups excluding carboxylic acids is 1. The summed E-state index contributed by atoms with van der Waals surface area (Å²) in [6.45, 7) is 7.22. The number of nitrogens with two attached hydrogens (primary N) is 2. The lowest BCUT2D eigenvalue weighted by Gasteiger charge is -2.32. The molecule has 0 saturated carbocycles. The zero-order valence-corrected chi connectivity index (χ0v) is 20.0. The number of nitrogens with zero attached hydrogens (tertiary/aromatic N) is 2. The number of hydrogen-bond donors (Lipinski definition) is 2. The summed E-state index contributed by atoms with van der Waals surface area (Å²) in [6.07, 6.45) is 8.98. The molecule has 1 saturated heterocycles. The summed E-state index contributed by atoms with van der Waals surface area (Å²) in [5, 5.41) is 5.56. The Morgan fingerprint density at radius 3 is 2.61 bits per heavy atom. The van der Waals surface area contributed by atoms with Gasteiger partial charge < -0.3 is 20.1 Å². The molecule has 182 valence electrons. The summed E-state index contributed by atoms with van der Waals surface area (Å²) in [7, 11) is -4.18. The number of amides is 1. The van der Waals surface area contributed by atoms with Crippen molar-refractivity contribution in [1.29, 1.82) is 0 Å². The second kappa shape index (κ2) is 11.6. The molecule has 0 radical (unpaired) electrons. The number of unbranched alkanes of at least 4 members (excludes halogenated alkanes) is 1. The van der Waals surface area contributed by atoms with Gasteiger partial charge in [0.2, 0.25) is 15.9 Å². The minimum atomic E-state index is -4.18. The third-order valence-corrected chi connectivity index (χ3v) is 6.66. The fourth-order valence-corrected chi connectivity index (χ4v) is 4.56. The van der Waals surface area contributed by atoms with Crippen LogP contribution >= 0.6 is 0 Å². The Kier molecular flexibility index (Phi) is 8.90. The number of sulfonamides is 1. The van der Waals surface area contributed by atoms with Crippen molar-refractivity contribution in [3.05, 3.63) is 41.7 Å². The molecule has 0 bridgehead atoms. The molecular weight excluding hydrogens is 444 g/mol. The van der Waals surface area contributed by atoms with Gasteiger partial charge in [-0.25, -0.2) is 13.6 Å². The smallest absolute Gasteiger partial charge is 0.248 e. The Morgan fingerprint density at radius 1 is 1.24 bits per heavy atom. The van der Waals surface area contributed by atoms with Crippen LogP contribution in [0.25, 0.3) is 0 Å². The maximum atomic E-state index is 12.5. The van der Waals surface area contributed by atoms with Crippen molar-refractivity contribution in [2.75, 3.05) is 50.8 Å². The molecule has 0 unspecified atom stereocenters. The van der Waals surface area contributed by atoms with Gasteiger partial charge in [-0.3, -0.25) is 9.69 Å². The van der Waals surface area contributed by atoms with E-state index in [0.717, 1.165) is 38.9 Å². The fourth-order valence-electron chi connectivity index (χ4n) is 3.86. The maximum Gasteiger partial charge on any atom is 0.248 e. The average molecular weight is 479 g/mol. The summed E-state index contributed by atoms with van der Waals surface area (Å²) < 4.78 is 36.7. The summed E-state index contributed by atoms with van der Waals surface area (Å²) in [5.41, 5.74) is 6.13. The van der Waals surface area contributed by atoms with Gasteiger partial charge in [-0.2, -0.15) is 0 Å². The number of anilines is 1. The van der Waals surface area contributed by atoms with Crippen molar-refractivity contribution < 1.29 is 22.7 Å². The lowest BCUT2D eigenvalue weighted by molar-refractivity contribution is 0.0391. The monoisotopic (exact) mass is 478 g/mol. The van der Waals surface area contributed by atoms with Crippen molar-refractivity contribution >= 4 is 21.6 Å². The van der Waals surface area contributed by atoms with Gasteiger partial charge in [0, 0.05) is 44.7 Å². The van der Waals surface area contributed by atoms with E-state index in [1.807, 2.05) is 18.2 Å². The number of allylic oxidation sites excluding steroid dienone is 4. The molecule has 10 heteroatoms. The molecular formula is C23H34N4O5S. The van der Waals surface area contributed by atoms with Crippen LogP contribution in [0.2, 0.25) is 0 Å². The van der Waals surface area contributed by atoms with Gasteiger partial charge in [0.1, 0.15) is 10.7 Å². The van der Waals surface area contributed by atoms with E-state index < -0.39 is 15.9 Å². The lowest BCUT2D eigenvalue weighted by Crippen LogP contribution is -2.42. The van der Waals surface area contributed by atoms with Crippen LogP contribution in [-0.4, -0.2) is 65.2 Å². The van der Waals surface area contributed by atoms with Gasteiger partial charge >= 0.3 is 0 Å². The number of ether oxygens (including phenoxy) is 2. The molecule has 1 aromatic rings. The number of hydrogen-bond acceptors (Lipinski definition) is 7. The second-order valence-electron chi connectivity index (χ2n) is 8.23. The Bertz CT molecular complexity index is 1000. The largest absolute Gasteiger partial charge is 0.458 e. The number of morpholine rings is 1. The van der Waals surface area contributed by atoms with Gasteiger partial charge in [0.25, 0.3) is 0 Å². The van der Waals surface area contributed by atoms with Crippen LogP contribution < -0.4 is 20.5 Å². The molecule has 2 aliphatic rings. The topological polar surface area (TPSA) is 128 Å². The zero-order valence-electron chi connectivity index (χ0n) is 19.2. The zero-order chi connectivity index (χ0) is 23.8. The molecule has 1 aromatic carbocycles. The first kappa shape index (κ1) is 25.2. The molecule has 33 heavy (non-hydrogen) atoms. The Hall–Kier alpha value is -2.40. The molecule has 1 aliphatic carbocycles. The Labute approximate surface area is 196 Å². The highest BCUT2D eigenvalue weighted by molar-refractivity contribution is 7.89. The first-order valence-electron chi connectivity index (χ1n) is 11.4. The number of rotatable bonds is 11. The van der Waals surface area contributed by atoms with Crippen LogP contribution in [0.5, 0.6) is 5.75 Å². The molecule has 1 heterocycles. The van der Waals surface area contributed by atoms with Gasteiger partial charge in [0.15, 0.2) is 5.75 Å². The highest BCUT2D eigenvalue weighted by atomic mass is 32.2. The van der Waals surface area contributed by atoms with E-state index in [0.29, 0.717) is 44.2 Å². The van der Waals surface area contributed by atoms with E-state index >= 15 is 0 Å². The molecule has 9 nitrogen and oxygen atoms in total. The number of primary amides is 1. The van der Waals surface area contributed by atoms with E-state index in [4.69, 9.17) is 20.3 Å². The van der Waals surface area contributed by atoms with Gasteiger partial charge in [-0.1, -0.05) is 25.5 Å². The normalized spacial score (nSPS) is 17.0. The van der Waals surface area contributed by atoms with Crippen molar-refractivity contribution in [1.82, 2.24) is 4.90 Å². The van der Waals surface area contributed by atoms with Crippen molar-refractivity contribution in [2.24, 2.45) is 10.9 Å². The number of carbonyl (C=O) groups is 1. The number of primary sulfonamides is 1. The first-order valence-corrected chi connectivity index (χ1v) is 12.9. The van der Waals surface area contributed by atoms with Crippen LogP contribution in [-0.2, 0) is 14.8 Å². The quantitative estimate of drug-likeness (QED) is 0.498. The Balaban J connectivity index is 2.06. The van der Waals surface area contributed by atoms with Crippen molar-refractivity contribution in [2.45, 2.75) is 37.5 Å².